The van der Waals surface area contributed by atoms with Gasteiger partial charge in [0.05, 0.1) is 12.7 Å². The number of carbonyl (C=O) groups excluding carboxylic acids is 2. The van der Waals surface area contributed by atoms with E-state index >= 15 is 0 Å². The molecule has 0 saturated heterocycles. The first-order valence-electron chi connectivity index (χ1n) is 7.44. The van der Waals surface area contributed by atoms with Crippen LogP contribution in [-0.2, 0) is 9.53 Å². The van der Waals surface area contributed by atoms with Crippen LogP contribution in [0, 0.1) is 18.6 Å². The third-order valence-corrected chi connectivity index (χ3v) is 3.51. The molecule has 0 fully saturated rings. The zero-order valence-corrected chi connectivity index (χ0v) is 13.9. The topological polar surface area (TPSA) is 64.6 Å². The Balaban J connectivity index is 2.07. The van der Waals surface area contributed by atoms with Gasteiger partial charge in [0.2, 0.25) is 0 Å². The van der Waals surface area contributed by atoms with Crippen molar-refractivity contribution in [1.82, 2.24) is 0 Å². The van der Waals surface area contributed by atoms with Crippen molar-refractivity contribution in [2.75, 3.05) is 12.4 Å². The Labute approximate surface area is 143 Å². The molecule has 0 unspecified atom stereocenters. The lowest BCUT2D eigenvalue weighted by atomic mass is 10.1. The van der Waals surface area contributed by atoms with Crippen LogP contribution >= 0.6 is 0 Å². The van der Waals surface area contributed by atoms with Crippen molar-refractivity contribution in [2.24, 2.45) is 0 Å². The second-order valence-electron chi connectivity index (χ2n) is 5.32. The Hall–Kier alpha value is -2.96. The van der Waals surface area contributed by atoms with Crippen molar-refractivity contribution in [3.8, 4) is 5.75 Å². The summed E-state index contributed by atoms with van der Waals surface area (Å²) < 4.78 is 37.3. The number of anilines is 1. The minimum atomic E-state index is -1.25. The van der Waals surface area contributed by atoms with Crippen LogP contribution in [-0.4, -0.2) is 25.1 Å². The van der Waals surface area contributed by atoms with Crippen molar-refractivity contribution in [2.45, 2.75) is 20.0 Å². The van der Waals surface area contributed by atoms with Gasteiger partial charge >= 0.3 is 5.97 Å². The van der Waals surface area contributed by atoms with Crippen molar-refractivity contribution in [3.63, 3.8) is 0 Å². The molecule has 2 rings (SSSR count). The molecule has 132 valence electrons. The molecule has 0 aliphatic carbocycles. The third-order valence-electron chi connectivity index (χ3n) is 3.51. The average Bonchev–Trinajstić information content (AvgIpc) is 2.58. The third kappa shape index (κ3) is 4.32. The van der Waals surface area contributed by atoms with Gasteiger partial charge in [0.15, 0.2) is 6.10 Å². The number of hydrogen-bond acceptors (Lipinski definition) is 4. The molecule has 0 radical (unpaired) electrons. The highest BCUT2D eigenvalue weighted by molar-refractivity contribution is 5.97. The van der Waals surface area contributed by atoms with Gasteiger partial charge in [0.25, 0.3) is 5.91 Å². The summed E-state index contributed by atoms with van der Waals surface area (Å²) in [6.07, 6.45) is -1.25. The number of aryl methyl sites for hydroxylation is 1. The maximum absolute atomic E-state index is 13.5. The number of hydrogen-bond donors (Lipinski definition) is 1. The Morgan fingerprint density at radius 2 is 1.76 bits per heavy atom. The molecule has 0 heterocycles. The molecule has 2 aromatic rings. The summed E-state index contributed by atoms with van der Waals surface area (Å²) >= 11 is 0. The number of amides is 1. The van der Waals surface area contributed by atoms with E-state index in [1.165, 1.54) is 32.2 Å². The van der Waals surface area contributed by atoms with Gasteiger partial charge in [0, 0.05) is 0 Å². The van der Waals surface area contributed by atoms with Crippen LogP contribution in [0.4, 0.5) is 14.5 Å². The van der Waals surface area contributed by atoms with Gasteiger partial charge in [-0.3, -0.25) is 4.79 Å². The predicted molar refractivity (Wildman–Crippen MR) is 87.6 cm³/mol. The van der Waals surface area contributed by atoms with Crippen molar-refractivity contribution in [1.29, 1.82) is 0 Å². The number of ether oxygens (including phenoxy) is 2. The largest absolute Gasteiger partial charge is 0.496 e. The van der Waals surface area contributed by atoms with Crippen molar-refractivity contribution < 1.29 is 27.8 Å². The molecular weight excluding hydrogens is 332 g/mol. The highest BCUT2D eigenvalue weighted by Gasteiger charge is 2.22. The molecule has 1 amide bonds. The SMILES string of the molecule is COc1cc(C(=O)O[C@H](C)C(=O)Nc2c(F)cccc2F)ccc1C. The Morgan fingerprint density at radius 1 is 1.12 bits per heavy atom. The molecular formula is C18H17F2NO4. The first-order valence-corrected chi connectivity index (χ1v) is 7.44. The van der Waals surface area contributed by atoms with Crippen LogP contribution in [0.2, 0.25) is 0 Å². The fraction of sp³-hybridized carbons (Fsp3) is 0.222. The number of methoxy groups -OCH3 is 1. The number of esters is 1. The van der Waals surface area contributed by atoms with Gasteiger partial charge in [-0.2, -0.15) is 0 Å². The van der Waals surface area contributed by atoms with Crippen LogP contribution in [0.25, 0.3) is 0 Å². The van der Waals surface area contributed by atoms with E-state index in [-0.39, 0.29) is 5.56 Å². The minimum absolute atomic E-state index is 0.194. The number of benzene rings is 2. The first-order chi connectivity index (χ1) is 11.8. The fourth-order valence-corrected chi connectivity index (χ4v) is 2.07. The van der Waals surface area contributed by atoms with E-state index in [9.17, 15) is 18.4 Å². The van der Waals surface area contributed by atoms with Crippen LogP contribution in [0.5, 0.6) is 5.75 Å². The standard InChI is InChI=1S/C18H17F2NO4/c1-10-7-8-12(9-15(10)24-3)18(23)25-11(2)17(22)21-16-13(19)5-4-6-14(16)20/h4-9,11H,1-3H3,(H,21,22)/t11-/m1/s1. The summed E-state index contributed by atoms with van der Waals surface area (Å²) in [5, 5.41) is 2.08. The quantitative estimate of drug-likeness (QED) is 0.840. The summed E-state index contributed by atoms with van der Waals surface area (Å²) in [6.45, 7) is 3.12. The van der Waals surface area contributed by atoms with Gasteiger partial charge < -0.3 is 14.8 Å². The van der Waals surface area contributed by atoms with Crippen LogP contribution in [0.3, 0.4) is 0 Å². The molecule has 25 heavy (non-hydrogen) atoms. The normalized spacial score (nSPS) is 11.6. The second-order valence-corrected chi connectivity index (χ2v) is 5.32. The van der Waals surface area contributed by atoms with E-state index < -0.39 is 35.3 Å². The lowest BCUT2D eigenvalue weighted by molar-refractivity contribution is -0.123. The summed E-state index contributed by atoms with van der Waals surface area (Å²) in [5.74, 6) is -2.95. The van der Waals surface area contributed by atoms with Crippen molar-refractivity contribution >= 4 is 17.6 Å². The number of carbonyl (C=O) groups is 2. The molecule has 0 bridgehead atoms. The van der Waals surface area contributed by atoms with E-state index in [1.807, 2.05) is 6.92 Å². The average molecular weight is 349 g/mol. The lowest BCUT2D eigenvalue weighted by Crippen LogP contribution is -2.30. The number of para-hydroxylation sites is 1. The number of nitrogens with one attached hydrogen (secondary N) is 1. The predicted octanol–water partition coefficient (Wildman–Crippen LogP) is 3.47. The molecule has 7 heteroatoms. The molecule has 0 aromatic heterocycles. The highest BCUT2D eigenvalue weighted by Crippen LogP contribution is 2.21. The summed E-state index contributed by atoms with van der Waals surface area (Å²) in [5.41, 5.74) is 0.437. The van der Waals surface area contributed by atoms with Crippen LogP contribution < -0.4 is 10.1 Å². The summed E-state index contributed by atoms with van der Waals surface area (Å²) in [6, 6.07) is 7.88. The van der Waals surface area contributed by atoms with Gasteiger partial charge in [-0.1, -0.05) is 12.1 Å². The molecule has 2 aromatic carbocycles. The Bertz CT molecular complexity index is 787. The lowest BCUT2D eigenvalue weighted by Gasteiger charge is -2.15. The monoisotopic (exact) mass is 349 g/mol. The van der Waals surface area contributed by atoms with Gasteiger partial charge in [0.1, 0.15) is 23.1 Å². The highest BCUT2D eigenvalue weighted by atomic mass is 19.1. The number of halogens is 2. The Morgan fingerprint density at radius 3 is 2.36 bits per heavy atom. The van der Waals surface area contributed by atoms with Crippen LogP contribution in [0.1, 0.15) is 22.8 Å². The molecule has 1 N–H and O–H groups in total. The minimum Gasteiger partial charge on any atom is -0.496 e. The van der Waals surface area contributed by atoms with Gasteiger partial charge in [-0.15, -0.1) is 0 Å². The first kappa shape index (κ1) is 18.4. The second kappa shape index (κ2) is 7.74. The maximum atomic E-state index is 13.5. The summed E-state index contributed by atoms with van der Waals surface area (Å²) in [7, 11) is 1.47. The van der Waals surface area contributed by atoms with E-state index in [0.29, 0.717) is 5.75 Å². The number of rotatable bonds is 5. The van der Waals surface area contributed by atoms with E-state index in [0.717, 1.165) is 17.7 Å². The van der Waals surface area contributed by atoms with Crippen LogP contribution in [0.15, 0.2) is 36.4 Å². The zero-order valence-electron chi connectivity index (χ0n) is 13.9. The maximum Gasteiger partial charge on any atom is 0.339 e. The molecule has 0 saturated carbocycles. The van der Waals surface area contributed by atoms with Crippen molar-refractivity contribution in [3.05, 3.63) is 59.2 Å². The smallest absolute Gasteiger partial charge is 0.339 e. The van der Waals surface area contributed by atoms with Gasteiger partial charge in [-0.25, -0.2) is 13.6 Å². The van der Waals surface area contributed by atoms with E-state index in [4.69, 9.17) is 9.47 Å². The molecule has 0 aliphatic heterocycles. The van der Waals surface area contributed by atoms with Gasteiger partial charge in [-0.05, 0) is 43.7 Å². The molecule has 5 nitrogen and oxygen atoms in total. The molecule has 1 atom stereocenters. The molecule has 0 spiro atoms. The summed E-state index contributed by atoms with van der Waals surface area (Å²) in [4.78, 5) is 24.1. The Kier molecular flexibility index (Phi) is 5.69. The fourth-order valence-electron chi connectivity index (χ4n) is 2.07. The zero-order chi connectivity index (χ0) is 18.6. The molecule has 0 aliphatic rings. The van der Waals surface area contributed by atoms with E-state index in [1.54, 1.807) is 6.07 Å². The van der Waals surface area contributed by atoms with E-state index in [2.05, 4.69) is 5.32 Å².